The molecule has 0 fully saturated rings. The summed E-state index contributed by atoms with van der Waals surface area (Å²) >= 11 is 6.90. The van der Waals surface area contributed by atoms with Crippen molar-refractivity contribution in [2.24, 2.45) is 0 Å². The minimum Gasteiger partial charge on any atom is -0.355 e. The Morgan fingerprint density at radius 2 is 1.88 bits per heavy atom. The number of nitrogens with one attached hydrogen (secondary N) is 1. The van der Waals surface area contributed by atoms with Gasteiger partial charge in [0, 0.05) is 9.77 Å². The third-order valence-corrected chi connectivity index (χ3v) is 5.61. The third kappa shape index (κ3) is 1.49. The normalized spacial score (nSPS) is 9.88. The van der Waals surface area contributed by atoms with Crippen LogP contribution in [0.1, 0.15) is 0 Å². The Morgan fingerprint density at radius 1 is 1.25 bits per heavy atom. The van der Waals surface area contributed by atoms with E-state index in [2.05, 4.69) is 72.8 Å². The topological polar surface area (TPSA) is 15.8 Å². The summed E-state index contributed by atoms with van der Waals surface area (Å²) in [5.74, 6) is 0. The van der Waals surface area contributed by atoms with E-state index in [9.17, 15) is 0 Å². The van der Waals surface area contributed by atoms with Gasteiger partial charge in [-0.15, -0.1) is 0 Å². The van der Waals surface area contributed by atoms with Crippen LogP contribution in [0.4, 0.5) is 0 Å². The second-order valence-electron chi connectivity index (χ2n) is 1.26. The van der Waals surface area contributed by atoms with Crippen molar-refractivity contribution in [3.63, 3.8) is 0 Å². The molecule has 44 valence electrons. The van der Waals surface area contributed by atoms with Gasteiger partial charge in [0.2, 0.25) is 0 Å². The first kappa shape index (κ1) is 7.58. The Hall–Kier alpha value is 1.47. The first-order chi connectivity index (χ1) is 3.72. The fourth-order valence-corrected chi connectivity index (χ4v) is 2.06. The summed E-state index contributed by atoms with van der Waals surface area (Å²) in [4.78, 5) is 3.11. The molecule has 0 saturated carbocycles. The van der Waals surface area contributed by atoms with Gasteiger partial charge in [-0.2, -0.15) is 0 Å². The molecule has 0 amide bonds. The van der Waals surface area contributed by atoms with Crippen LogP contribution in [0.5, 0.6) is 0 Å². The van der Waals surface area contributed by atoms with E-state index >= 15 is 0 Å². The van der Waals surface area contributed by atoms with E-state index in [0.717, 1.165) is 0 Å². The molecule has 1 nitrogen and oxygen atoms in total. The highest BCUT2D eigenvalue weighted by molar-refractivity contribution is 14.1. The summed E-state index contributed by atoms with van der Waals surface area (Å²) < 4.78 is 3.85. The van der Waals surface area contributed by atoms with Crippen molar-refractivity contribution in [1.82, 2.24) is 4.98 Å². The Bertz CT molecular complexity index is 174. The van der Waals surface area contributed by atoms with Gasteiger partial charge in [0.25, 0.3) is 0 Å². The van der Waals surface area contributed by atoms with Crippen molar-refractivity contribution < 1.29 is 0 Å². The number of rotatable bonds is 0. The second-order valence-corrected chi connectivity index (χ2v) is 4.58. The molecular weight excluding hydrogens is 443 g/mol. The molecule has 0 atom stereocenters. The van der Waals surface area contributed by atoms with Gasteiger partial charge in [-0.25, -0.2) is 0 Å². The average molecular weight is 445 g/mol. The summed E-state index contributed by atoms with van der Waals surface area (Å²) in [6, 6.07) is 0. The zero-order valence-corrected chi connectivity index (χ0v) is 10.2. The lowest BCUT2D eigenvalue weighted by Crippen LogP contribution is -1.70. The Kier molecular flexibility index (Phi) is 2.88. The van der Waals surface area contributed by atoms with Crippen molar-refractivity contribution in [3.8, 4) is 0 Å². The molecule has 1 aromatic heterocycles. The van der Waals surface area contributed by atoms with Crippen molar-refractivity contribution in [2.45, 2.75) is 0 Å². The Labute approximate surface area is 88.4 Å². The molecule has 4 heteroatoms. The van der Waals surface area contributed by atoms with Gasteiger partial charge in [-0.1, -0.05) is 0 Å². The van der Waals surface area contributed by atoms with Crippen LogP contribution >= 0.6 is 67.8 Å². The summed E-state index contributed by atoms with van der Waals surface area (Å²) in [6.07, 6.45) is 2.00. The maximum Gasteiger partial charge on any atom is 0.0918 e. The molecule has 0 unspecified atom stereocenters. The molecule has 1 aromatic rings. The van der Waals surface area contributed by atoms with Crippen molar-refractivity contribution >= 4 is 67.8 Å². The van der Waals surface area contributed by atoms with Crippen molar-refractivity contribution in [3.05, 3.63) is 17.0 Å². The molecule has 8 heavy (non-hydrogen) atoms. The maximum atomic E-state index is 3.11. The highest BCUT2D eigenvalue weighted by Crippen LogP contribution is 2.19. The largest absolute Gasteiger partial charge is 0.355 e. The number of hydrogen-bond acceptors (Lipinski definition) is 0. The van der Waals surface area contributed by atoms with Crippen LogP contribution in [-0.4, -0.2) is 4.98 Å². The van der Waals surface area contributed by atoms with Crippen LogP contribution in [0, 0.1) is 10.8 Å². The van der Waals surface area contributed by atoms with E-state index in [4.69, 9.17) is 0 Å². The van der Waals surface area contributed by atoms with E-state index in [-0.39, 0.29) is 0 Å². The summed E-state index contributed by atoms with van der Waals surface area (Å²) in [6.45, 7) is 0. The fourth-order valence-electron chi connectivity index (χ4n) is 0.358. The zero-order chi connectivity index (χ0) is 6.15. The van der Waals surface area contributed by atoms with Crippen LogP contribution < -0.4 is 0 Å². The molecule has 1 rings (SSSR count). The number of H-pyrrole nitrogens is 1. The Morgan fingerprint density at radius 3 is 2.00 bits per heavy atom. The molecule has 1 N–H and O–H groups in total. The predicted octanol–water partition coefficient (Wildman–Crippen LogP) is 2.83. The molecule has 0 aliphatic rings. The molecule has 0 aliphatic carbocycles. The molecular formula is C4H2I3N. The van der Waals surface area contributed by atoms with Gasteiger partial charge in [0.15, 0.2) is 0 Å². The number of hydrogen-bond donors (Lipinski definition) is 1. The van der Waals surface area contributed by atoms with Gasteiger partial charge in [-0.3, -0.25) is 0 Å². The Balaban J connectivity index is 3.19. The molecule has 1 heterocycles. The van der Waals surface area contributed by atoms with E-state index in [1.165, 1.54) is 10.8 Å². The van der Waals surface area contributed by atoms with Crippen molar-refractivity contribution in [2.75, 3.05) is 0 Å². The SMILES string of the molecule is Ic1c[nH]c(I)c1I. The van der Waals surface area contributed by atoms with Gasteiger partial charge in [0.05, 0.1) is 7.27 Å². The van der Waals surface area contributed by atoms with Crippen LogP contribution in [0.15, 0.2) is 6.20 Å². The third-order valence-electron chi connectivity index (χ3n) is 0.728. The number of halogens is 3. The lowest BCUT2D eigenvalue weighted by atomic mass is 10.7. The van der Waals surface area contributed by atoms with Crippen LogP contribution in [0.2, 0.25) is 0 Å². The van der Waals surface area contributed by atoms with Gasteiger partial charge < -0.3 is 4.98 Å². The molecule has 0 aliphatic heterocycles. The first-order valence-corrected chi connectivity index (χ1v) is 5.13. The minimum absolute atomic E-state index is 1.23. The smallest absolute Gasteiger partial charge is 0.0918 e. The molecule has 0 spiro atoms. The molecule has 0 radical (unpaired) electrons. The summed E-state index contributed by atoms with van der Waals surface area (Å²) in [5, 5.41) is 0. The summed E-state index contributed by atoms with van der Waals surface area (Å²) in [7, 11) is 0. The number of aromatic amines is 1. The van der Waals surface area contributed by atoms with Crippen LogP contribution in [0.25, 0.3) is 0 Å². The molecule has 0 bridgehead atoms. The molecule has 0 saturated heterocycles. The van der Waals surface area contributed by atoms with Crippen LogP contribution in [0.3, 0.4) is 0 Å². The monoisotopic (exact) mass is 445 g/mol. The van der Waals surface area contributed by atoms with Crippen molar-refractivity contribution in [1.29, 1.82) is 0 Å². The standard InChI is InChI=1S/C4H2I3N/c5-2-1-8-4(7)3(2)6/h1,8H. The lowest BCUT2D eigenvalue weighted by Gasteiger charge is -1.80. The lowest BCUT2D eigenvalue weighted by molar-refractivity contribution is 1.34. The number of aromatic nitrogens is 1. The quantitative estimate of drug-likeness (QED) is 0.592. The van der Waals surface area contributed by atoms with E-state index in [0.29, 0.717) is 0 Å². The van der Waals surface area contributed by atoms with Gasteiger partial charge in [0.1, 0.15) is 0 Å². The van der Waals surface area contributed by atoms with E-state index in [1.807, 2.05) is 6.20 Å². The van der Waals surface area contributed by atoms with Gasteiger partial charge in [-0.05, 0) is 67.8 Å². The van der Waals surface area contributed by atoms with Gasteiger partial charge >= 0.3 is 0 Å². The molecule has 0 aromatic carbocycles. The first-order valence-electron chi connectivity index (χ1n) is 1.89. The van der Waals surface area contributed by atoms with Crippen LogP contribution in [-0.2, 0) is 0 Å². The predicted molar refractivity (Wildman–Crippen MR) is 58.9 cm³/mol. The van der Waals surface area contributed by atoms with E-state index < -0.39 is 0 Å². The fraction of sp³-hybridized carbons (Fsp3) is 0. The van der Waals surface area contributed by atoms with E-state index in [1.54, 1.807) is 0 Å². The minimum atomic E-state index is 1.23. The highest BCUT2D eigenvalue weighted by Gasteiger charge is 1.99. The maximum absolute atomic E-state index is 3.11. The summed E-state index contributed by atoms with van der Waals surface area (Å²) in [5.41, 5.74) is 0. The second kappa shape index (κ2) is 3.04. The average Bonchev–Trinajstić information content (AvgIpc) is 1.98. The highest BCUT2D eigenvalue weighted by atomic mass is 127. The zero-order valence-electron chi connectivity index (χ0n) is 3.71.